The highest BCUT2D eigenvalue weighted by molar-refractivity contribution is 7.89. The summed E-state index contributed by atoms with van der Waals surface area (Å²) in [5, 5.41) is 2.77. The number of alkyl halides is 6. The molecule has 12 nitrogen and oxygen atoms in total. The molecule has 0 spiro atoms. The second-order valence-electron chi connectivity index (χ2n) is 12.9. The van der Waals surface area contributed by atoms with Crippen LogP contribution in [-0.4, -0.2) is 103 Å². The number of piperazine rings is 1. The summed E-state index contributed by atoms with van der Waals surface area (Å²) in [6.45, 7) is 0.0381. The number of imide groups is 1. The van der Waals surface area contributed by atoms with E-state index in [1.165, 1.54) is 39.5 Å². The van der Waals surface area contributed by atoms with Gasteiger partial charge in [-0.3, -0.25) is 19.3 Å². The lowest BCUT2D eigenvalue weighted by Crippen LogP contribution is -2.50. The van der Waals surface area contributed by atoms with Crippen molar-refractivity contribution in [3.63, 3.8) is 0 Å². The molecule has 284 valence electrons. The molecule has 1 N–H and O–H groups in total. The van der Waals surface area contributed by atoms with E-state index in [1.807, 2.05) is 0 Å². The van der Waals surface area contributed by atoms with Gasteiger partial charge in [0.2, 0.25) is 21.8 Å². The fraction of sp³-hybridized carbons (Fsp3) is 0.441. The van der Waals surface area contributed by atoms with Gasteiger partial charge in [-0.05, 0) is 49.1 Å². The summed E-state index contributed by atoms with van der Waals surface area (Å²) in [6, 6.07) is 12.2. The van der Waals surface area contributed by atoms with Gasteiger partial charge in [-0.25, -0.2) is 18.4 Å². The highest BCUT2D eigenvalue weighted by atomic mass is 32.2. The number of benzene rings is 2. The van der Waals surface area contributed by atoms with Crippen molar-refractivity contribution in [1.82, 2.24) is 24.5 Å². The first-order valence-electron chi connectivity index (χ1n) is 16.8. The highest BCUT2D eigenvalue weighted by Gasteiger charge is 2.39. The molecule has 0 bridgehead atoms. The van der Waals surface area contributed by atoms with Crippen molar-refractivity contribution >= 4 is 39.4 Å². The highest BCUT2D eigenvalue weighted by Crippen LogP contribution is 2.33. The number of hydrogen-bond acceptors (Lipinski definition) is 9. The van der Waals surface area contributed by atoms with Crippen LogP contribution in [0.4, 0.5) is 38.0 Å². The van der Waals surface area contributed by atoms with E-state index in [2.05, 4.69) is 15.3 Å². The Kier molecular flexibility index (Phi) is 10.7. The predicted octanol–water partition coefficient (Wildman–Crippen LogP) is 3.84. The zero-order valence-electron chi connectivity index (χ0n) is 28.2. The fourth-order valence-electron chi connectivity index (χ4n) is 6.58. The minimum absolute atomic E-state index is 0.00393. The van der Waals surface area contributed by atoms with Crippen LogP contribution in [0.1, 0.15) is 50.5 Å². The van der Waals surface area contributed by atoms with Gasteiger partial charge in [0, 0.05) is 58.4 Å². The van der Waals surface area contributed by atoms with Crippen LogP contribution in [0.25, 0.3) is 0 Å². The summed E-state index contributed by atoms with van der Waals surface area (Å²) in [6.07, 6.45) is -8.12. The summed E-state index contributed by atoms with van der Waals surface area (Å²) < 4.78 is 108. The summed E-state index contributed by atoms with van der Waals surface area (Å²) in [5.74, 6) is -4.10. The SMILES string of the molecule is O=C(NCCc1ccc(C(F)(F)F)cc1)[C@@H]1CCCN(c2cc(N3CCN(S(=O)(=O)CCN4C(=O)c5ccccc5C4=O)CC3)nc(C(F)(F)F)n2)C1. The molecule has 2 fully saturated rings. The van der Waals surface area contributed by atoms with E-state index in [1.54, 1.807) is 17.0 Å². The molecule has 6 rings (SSSR count). The number of piperidine rings is 1. The molecule has 3 aliphatic heterocycles. The smallest absolute Gasteiger partial charge is 0.356 e. The number of halogens is 6. The standard InChI is InChI=1S/C34H35F6N7O5S/c35-33(36,37)24-9-7-22(8-10-24)11-12-41-29(48)23-4-3-13-45(21-23)28-20-27(42-32(43-28)34(38,39)40)44-14-16-46(17-15-44)53(51,52)19-18-47-30(49)25-5-1-2-6-26(25)31(47)50/h1-2,5-10,20,23H,3-4,11-19,21H2,(H,41,48)/t23-/m1/s1. The van der Waals surface area contributed by atoms with Crippen LogP contribution >= 0.6 is 0 Å². The van der Waals surface area contributed by atoms with Crippen molar-refractivity contribution in [3.8, 4) is 0 Å². The van der Waals surface area contributed by atoms with Gasteiger partial charge in [0.05, 0.1) is 28.4 Å². The molecule has 0 unspecified atom stereocenters. The first-order valence-corrected chi connectivity index (χ1v) is 18.5. The third kappa shape index (κ3) is 8.56. The number of carbonyl (C=O) groups is 3. The molecule has 3 amide bonds. The Hall–Kier alpha value is -4.78. The number of hydrogen-bond donors (Lipinski definition) is 1. The van der Waals surface area contributed by atoms with Crippen molar-refractivity contribution in [2.75, 3.05) is 67.9 Å². The number of nitrogens with one attached hydrogen (secondary N) is 1. The zero-order chi connectivity index (χ0) is 38.1. The maximum Gasteiger partial charge on any atom is 0.451 e. The van der Waals surface area contributed by atoms with Gasteiger partial charge in [-0.1, -0.05) is 24.3 Å². The molecular weight excluding hydrogens is 732 g/mol. The van der Waals surface area contributed by atoms with E-state index in [0.717, 1.165) is 17.0 Å². The topological polar surface area (TPSA) is 136 Å². The Morgan fingerprint density at radius 1 is 0.811 bits per heavy atom. The van der Waals surface area contributed by atoms with Crippen LogP contribution in [0.3, 0.4) is 0 Å². The van der Waals surface area contributed by atoms with Crippen molar-refractivity contribution in [3.05, 3.63) is 82.7 Å². The van der Waals surface area contributed by atoms with E-state index in [9.17, 15) is 49.1 Å². The molecule has 3 aliphatic rings. The van der Waals surface area contributed by atoms with Crippen molar-refractivity contribution in [2.45, 2.75) is 31.6 Å². The fourth-order valence-corrected chi connectivity index (χ4v) is 7.97. The lowest BCUT2D eigenvalue weighted by Gasteiger charge is -2.36. The molecule has 4 heterocycles. The average molecular weight is 768 g/mol. The molecule has 2 saturated heterocycles. The van der Waals surface area contributed by atoms with E-state index >= 15 is 0 Å². The quantitative estimate of drug-likeness (QED) is 0.241. The number of carbonyl (C=O) groups excluding carboxylic acids is 3. The number of anilines is 2. The summed E-state index contributed by atoms with van der Waals surface area (Å²) in [7, 11) is -3.95. The van der Waals surface area contributed by atoms with Gasteiger partial charge in [0.15, 0.2) is 0 Å². The summed E-state index contributed by atoms with van der Waals surface area (Å²) in [5.41, 5.74) is 0.212. The van der Waals surface area contributed by atoms with Crippen LogP contribution in [0.2, 0.25) is 0 Å². The van der Waals surface area contributed by atoms with Crippen molar-refractivity contribution in [1.29, 1.82) is 0 Å². The van der Waals surface area contributed by atoms with E-state index in [4.69, 9.17) is 0 Å². The van der Waals surface area contributed by atoms with Crippen LogP contribution in [0.15, 0.2) is 54.6 Å². The number of fused-ring (bicyclic) bond motifs is 1. The van der Waals surface area contributed by atoms with Crippen LogP contribution < -0.4 is 15.1 Å². The average Bonchev–Trinajstić information content (AvgIpc) is 3.38. The van der Waals surface area contributed by atoms with Crippen LogP contribution in [-0.2, 0) is 33.6 Å². The molecular formula is C34H35F6N7O5S. The second-order valence-corrected chi connectivity index (χ2v) is 15.0. The summed E-state index contributed by atoms with van der Waals surface area (Å²) >= 11 is 0. The number of aromatic nitrogens is 2. The lowest BCUT2D eigenvalue weighted by atomic mass is 9.97. The maximum atomic E-state index is 14.0. The van der Waals surface area contributed by atoms with Gasteiger partial charge in [-0.2, -0.15) is 30.6 Å². The molecule has 1 atom stereocenters. The van der Waals surface area contributed by atoms with Crippen LogP contribution in [0.5, 0.6) is 0 Å². The van der Waals surface area contributed by atoms with Crippen molar-refractivity contribution < 1.29 is 49.1 Å². The Bertz CT molecular complexity index is 1930. The Balaban J connectivity index is 1.06. The second kappa shape index (κ2) is 14.9. The molecule has 0 radical (unpaired) electrons. The van der Waals surface area contributed by atoms with Gasteiger partial charge in [0.25, 0.3) is 11.8 Å². The maximum absolute atomic E-state index is 14.0. The van der Waals surface area contributed by atoms with Gasteiger partial charge in [0.1, 0.15) is 11.6 Å². The predicted molar refractivity (Wildman–Crippen MR) is 180 cm³/mol. The normalized spacial score (nSPS) is 18.8. The summed E-state index contributed by atoms with van der Waals surface area (Å²) in [4.78, 5) is 49.8. The monoisotopic (exact) mass is 767 g/mol. The van der Waals surface area contributed by atoms with Gasteiger partial charge >= 0.3 is 12.4 Å². The minimum atomic E-state index is -4.90. The van der Waals surface area contributed by atoms with Crippen molar-refractivity contribution in [2.24, 2.45) is 5.92 Å². The van der Waals surface area contributed by atoms with E-state index in [-0.39, 0.29) is 80.9 Å². The van der Waals surface area contributed by atoms with Crippen LogP contribution in [0, 0.1) is 5.92 Å². The third-order valence-corrected chi connectivity index (χ3v) is 11.3. The molecule has 19 heteroatoms. The molecule has 0 aliphatic carbocycles. The molecule has 53 heavy (non-hydrogen) atoms. The number of nitrogens with zero attached hydrogens (tertiary/aromatic N) is 6. The lowest BCUT2D eigenvalue weighted by molar-refractivity contribution is -0.145. The first-order chi connectivity index (χ1) is 25.0. The van der Waals surface area contributed by atoms with E-state index in [0.29, 0.717) is 24.9 Å². The van der Waals surface area contributed by atoms with E-state index < -0.39 is 57.2 Å². The number of amides is 3. The minimum Gasteiger partial charge on any atom is -0.356 e. The van der Waals surface area contributed by atoms with Gasteiger partial charge < -0.3 is 15.1 Å². The third-order valence-electron chi connectivity index (χ3n) is 9.47. The molecule has 1 aromatic heterocycles. The Morgan fingerprint density at radius 3 is 2.00 bits per heavy atom. The molecule has 0 saturated carbocycles. The first kappa shape index (κ1) is 38.0. The Morgan fingerprint density at radius 2 is 1.42 bits per heavy atom. The number of rotatable bonds is 10. The largest absolute Gasteiger partial charge is 0.451 e. The Labute approximate surface area is 300 Å². The number of sulfonamides is 1. The molecule has 2 aromatic carbocycles. The zero-order valence-corrected chi connectivity index (χ0v) is 29.0. The van der Waals surface area contributed by atoms with Gasteiger partial charge in [-0.15, -0.1) is 0 Å². The molecule has 3 aromatic rings.